The van der Waals surface area contributed by atoms with Gasteiger partial charge in [0.05, 0.1) is 5.41 Å². The molecule has 0 radical (unpaired) electrons. The smallest absolute Gasteiger partial charge is 0.410 e. The van der Waals surface area contributed by atoms with Crippen LogP contribution in [0.1, 0.15) is 32.8 Å². The highest BCUT2D eigenvalue weighted by Gasteiger charge is 2.56. The van der Waals surface area contributed by atoms with Crippen molar-refractivity contribution in [2.45, 2.75) is 39.4 Å². The van der Waals surface area contributed by atoms with Gasteiger partial charge in [0.25, 0.3) is 0 Å². The third-order valence-corrected chi connectivity index (χ3v) is 5.50. The second-order valence-corrected chi connectivity index (χ2v) is 8.76. The van der Waals surface area contributed by atoms with E-state index in [0.29, 0.717) is 0 Å². The average molecular weight is 404 g/mol. The van der Waals surface area contributed by atoms with Gasteiger partial charge in [-0.05, 0) is 32.8 Å². The summed E-state index contributed by atoms with van der Waals surface area (Å²) in [6.45, 7) is 6.34. The summed E-state index contributed by atoms with van der Waals surface area (Å²) in [4.78, 5) is 40.0. The van der Waals surface area contributed by atoms with Crippen LogP contribution >= 0.6 is 0 Å². The highest BCUT2D eigenvalue weighted by atomic mass is 16.6. The van der Waals surface area contributed by atoms with Gasteiger partial charge >= 0.3 is 18.2 Å². The van der Waals surface area contributed by atoms with Gasteiger partial charge in [0.15, 0.2) is 0 Å². The predicted molar refractivity (Wildman–Crippen MR) is 104 cm³/mol. The minimum Gasteiger partial charge on any atom is -0.481 e. The van der Waals surface area contributed by atoms with Crippen LogP contribution in [0.5, 0.6) is 0 Å². The van der Waals surface area contributed by atoms with Gasteiger partial charge in [0.1, 0.15) is 12.2 Å². The molecule has 0 saturated carbocycles. The average Bonchev–Trinajstić information content (AvgIpc) is 3.06. The second kappa shape index (κ2) is 7.93. The number of hydrogen-bond acceptors (Lipinski definition) is 5. The SMILES string of the molecule is CC(C)(C)OC(=O)N1CC[C@@]2(C(=O)O)CN(C(=O)OCc3ccccc3)C[C@H]2C1. The lowest BCUT2D eigenvalue weighted by atomic mass is 9.72. The zero-order valence-corrected chi connectivity index (χ0v) is 17.1. The van der Waals surface area contributed by atoms with Gasteiger partial charge in [0, 0.05) is 32.1 Å². The van der Waals surface area contributed by atoms with Crippen molar-refractivity contribution in [1.29, 1.82) is 0 Å². The molecule has 2 amide bonds. The van der Waals surface area contributed by atoms with Crippen molar-refractivity contribution in [2.24, 2.45) is 11.3 Å². The first-order valence-electron chi connectivity index (χ1n) is 9.78. The molecule has 1 aromatic rings. The number of hydrogen-bond donors (Lipinski definition) is 1. The van der Waals surface area contributed by atoms with Crippen LogP contribution < -0.4 is 0 Å². The minimum absolute atomic E-state index is 0.0861. The molecular weight excluding hydrogens is 376 g/mol. The topological polar surface area (TPSA) is 96.4 Å². The third kappa shape index (κ3) is 4.63. The van der Waals surface area contributed by atoms with Crippen LogP contribution in [0.3, 0.4) is 0 Å². The van der Waals surface area contributed by atoms with Gasteiger partial charge in [-0.1, -0.05) is 30.3 Å². The van der Waals surface area contributed by atoms with E-state index in [0.717, 1.165) is 5.56 Å². The van der Waals surface area contributed by atoms with Crippen LogP contribution in [0.15, 0.2) is 30.3 Å². The summed E-state index contributed by atoms with van der Waals surface area (Å²) in [6.07, 6.45) is -0.719. The summed E-state index contributed by atoms with van der Waals surface area (Å²) in [5, 5.41) is 9.90. The van der Waals surface area contributed by atoms with Gasteiger partial charge in [-0.15, -0.1) is 0 Å². The van der Waals surface area contributed by atoms with Crippen molar-refractivity contribution in [2.75, 3.05) is 26.2 Å². The van der Waals surface area contributed by atoms with Crippen LogP contribution in [-0.2, 0) is 20.9 Å². The van der Waals surface area contributed by atoms with E-state index in [9.17, 15) is 19.5 Å². The number of likely N-dealkylation sites (tertiary alicyclic amines) is 2. The number of carboxylic acid groups (broad SMARTS) is 1. The van der Waals surface area contributed by atoms with E-state index in [1.807, 2.05) is 30.3 Å². The Morgan fingerprint density at radius 2 is 1.76 bits per heavy atom. The van der Waals surface area contributed by atoms with Gasteiger partial charge < -0.3 is 24.4 Å². The fourth-order valence-corrected chi connectivity index (χ4v) is 3.97. The van der Waals surface area contributed by atoms with E-state index in [-0.39, 0.29) is 45.1 Å². The number of benzene rings is 1. The molecule has 0 aliphatic carbocycles. The third-order valence-electron chi connectivity index (χ3n) is 5.50. The van der Waals surface area contributed by atoms with E-state index >= 15 is 0 Å². The van der Waals surface area contributed by atoms with E-state index in [1.165, 1.54) is 9.80 Å². The maximum Gasteiger partial charge on any atom is 0.410 e. The first-order valence-corrected chi connectivity index (χ1v) is 9.78. The van der Waals surface area contributed by atoms with Crippen molar-refractivity contribution < 1.29 is 29.0 Å². The zero-order valence-electron chi connectivity index (χ0n) is 17.1. The summed E-state index contributed by atoms with van der Waals surface area (Å²) in [5.74, 6) is -1.31. The zero-order chi connectivity index (χ0) is 21.2. The van der Waals surface area contributed by atoms with Crippen molar-refractivity contribution in [1.82, 2.24) is 9.80 Å². The molecule has 2 heterocycles. The monoisotopic (exact) mass is 404 g/mol. The van der Waals surface area contributed by atoms with Crippen molar-refractivity contribution in [3.63, 3.8) is 0 Å². The molecule has 2 saturated heterocycles. The molecule has 2 atom stereocenters. The number of amides is 2. The molecule has 3 rings (SSSR count). The molecule has 2 fully saturated rings. The quantitative estimate of drug-likeness (QED) is 0.832. The minimum atomic E-state index is -1.07. The number of aliphatic carboxylic acids is 1. The fourth-order valence-electron chi connectivity index (χ4n) is 3.97. The van der Waals surface area contributed by atoms with Gasteiger partial charge in [0.2, 0.25) is 0 Å². The van der Waals surface area contributed by atoms with E-state index < -0.39 is 29.2 Å². The largest absolute Gasteiger partial charge is 0.481 e. The molecule has 0 aromatic heterocycles. The lowest BCUT2D eigenvalue weighted by Crippen LogP contribution is -2.53. The number of ether oxygens (including phenoxy) is 2. The Hall–Kier alpha value is -2.77. The van der Waals surface area contributed by atoms with Crippen LogP contribution in [0.4, 0.5) is 9.59 Å². The number of piperidine rings is 1. The molecule has 0 unspecified atom stereocenters. The van der Waals surface area contributed by atoms with E-state index in [4.69, 9.17) is 9.47 Å². The standard InChI is InChI=1S/C21H28N2O6/c1-20(2,3)29-19(27)22-10-9-21(17(24)25)14-23(12-16(21)11-22)18(26)28-13-15-7-5-4-6-8-15/h4-8,16H,9-14H2,1-3H3,(H,24,25)/t16-,21-/m1/s1. The predicted octanol–water partition coefficient (Wildman–Crippen LogP) is 2.97. The Morgan fingerprint density at radius 3 is 2.38 bits per heavy atom. The molecular formula is C21H28N2O6. The number of rotatable bonds is 3. The Bertz CT molecular complexity index is 775. The van der Waals surface area contributed by atoms with E-state index in [1.54, 1.807) is 20.8 Å². The lowest BCUT2D eigenvalue weighted by molar-refractivity contribution is -0.153. The molecule has 0 spiro atoms. The normalized spacial score (nSPS) is 24.0. The molecule has 1 N–H and O–H groups in total. The van der Waals surface area contributed by atoms with Crippen LogP contribution in [0, 0.1) is 11.3 Å². The first kappa shape index (κ1) is 21.0. The molecule has 8 heteroatoms. The summed E-state index contributed by atoms with van der Waals surface area (Å²) >= 11 is 0. The Labute approximate surface area is 170 Å². The maximum absolute atomic E-state index is 12.5. The second-order valence-electron chi connectivity index (χ2n) is 8.76. The maximum atomic E-state index is 12.5. The first-order chi connectivity index (χ1) is 13.6. The van der Waals surface area contributed by atoms with Crippen molar-refractivity contribution in [3.05, 3.63) is 35.9 Å². The molecule has 8 nitrogen and oxygen atoms in total. The Morgan fingerprint density at radius 1 is 1.10 bits per heavy atom. The summed E-state index contributed by atoms with van der Waals surface area (Å²) in [6, 6.07) is 9.31. The van der Waals surface area contributed by atoms with Gasteiger partial charge in [-0.25, -0.2) is 9.59 Å². The molecule has 0 bridgehead atoms. The molecule has 29 heavy (non-hydrogen) atoms. The van der Waals surface area contributed by atoms with E-state index in [2.05, 4.69) is 0 Å². The molecule has 1 aromatic carbocycles. The summed E-state index contributed by atoms with van der Waals surface area (Å²) in [5.41, 5.74) is -0.826. The van der Waals surface area contributed by atoms with Crippen molar-refractivity contribution >= 4 is 18.2 Å². The summed E-state index contributed by atoms with van der Waals surface area (Å²) < 4.78 is 10.8. The number of carboxylic acids is 1. The van der Waals surface area contributed by atoms with Gasteiger partial charge in [-0.2, -0.15) is 0 Å². The summed E-state index contributed by atoms with van der Waals surface area (Å²) in [7, 11) is 0. The number of nitrogens with zero attached hydrogens (tertiary/aromatic N) is 2. The molecule has 2 aliphatic rings. The lowest BCUT2D eigenvalue weighted by Gasteiger charge is -2.40. The number of fused-ring (bicyclic) bond motifs is 1. The van der Waals surface area contributed by atoms with Gasteiger partial charge in [-0.3, -0.25) is 4.79 Å². The Kier molecular flexibility index (Phi) is 5.73. The number of carbonyl (C=O) groups excluding carboxylic acids is 2. The van der Waals surface area contributed by atoms with Crippen LogP contribution in [-0.4, -0.2) is 64.8 Å². The van der Waals surface area contributed by atoms with Crippen LogP contribution in [0.2, 0.25) is 0 Å². The molecule has 2 aliphatic heterocycles. The highest BCUT2D eigenvalue weighted by Crippen LogP contribution is 2.43. The molecule has 158 valence electrons. The Balaban J connectivity index is 1.65. The van der Waals surface area contributed by atoms with Crippen LogP contribution in [0.25, 0.3) is 0 Å². The fraction of sp³-hybridized carbons (Fsp3) is 0.571. The highest BCUT2D eigenvalue weighted by molar-refractivity contribution is 5.79. The van der Waals surface area contributed by atoms with Crippen molar-refractivity contribution in [3.8, 4) is 0 Å². The number of carbonyl (C=O) groups is 3.